The highest BCUT2D eigenvalue weighted by Gasteiger charge is 2.34. The summed E-state index contributed by atoms with van der Waals surface area (Å²) in [5, 5.41) is 2.66. The van der Waals surface area contributed by atoms with Crippen molar-refractivity contribution in [3.63, 3.8) is 0 Å². The molecule has 0 spiro atoms. The molecule has 10 heteroatoms. The van der Waals surface area contributed by atoms with Crippen molar-refractivity contribution in [1.29, 1.82) is 0 Å². The van der Waals surface area contributed by atoms with E-state index in [4.69, 9.17) is 0 Å². The minimum atomic E-state index is -4.82. The molecule has 2 aromatic carbocycles. The molecule has 0 aliphatic heterocycles. The Morgan fingerprint density at radius 2 is 1.81 bits per heavy atom. The maximum Gasteiger partial charge on any atom is 0.419 e. The van der Waals surface area contributed by atoms with Crippen LogP contribution >= 0.6 is 34.1 Å². The summed E-state index contributed by atoms with van der Waals surface area (Å²) >= 11 is 2.92. The van der Waals surface area contributed by atoms with Crippen LogP contribution in [0.1, 0.15) is 15.9 Å². The zero-order valence-electron chi connectivity index (χ0n) is 12.6. The second kappa shape index (κ2) is 7.27. The van der Waals surface area contributed by atoms with Gasteiger partial charge in [0, 0.05) is 26.2 Å². The number of nitrogens with one attached hydrogen (secondary N) is 1. The van der Waals surface area contributed by atoms with E-state index in [1.165, 1.54) is 0 Å². The summed E-state index contributed by atoms with van der Waals surface area (Å²) in [5.41, 5.74) is -0.984. The summed E-state index contributed by atoms with van der Waals surface area (Å²) in [5.74, 6) is -1.82. The van der Waals surface area contributed by atoms with Crippen LogP contribution in [-0.4, -0.2) is 15.3 Å². The van der Waals surface area contributed by atoms with Gasteiger partial charge in [0.05, 0.1) is 5.56 Å². The van der Waals surface area contributed by atoms with Crippen molar-refractivity contribution in [1.82, 2.24) is 9.36 Å². The Morgan fingerprint density at radius 3 is 2.46 bits per heavy atom. The lowest BCUT2D eigenvalue weighted by atomic mass is 10.1. The van der Waals surface area contributed by atoms with Gasteiger partial charge in [-0.25, -0.2) is 4.39 Å². The minimum Gasteiger partial charge on any atom is -0.297 e. The van der Waals surface area contributed by atoms with Crippen LogP contribution in [0.25, 0.3) is 11.4 Å². The average Bonchev–Trinajstić information content (AvgIpc) is 3.03. The number of hydrogen-bond acceptors (Lipinski definition) is 4. The fourth-order valence-corrected chi connectivity index (χ4v) is 2.99. The Balaban J connectivity index is 1.82. The molecule has 0 aliphatic rings. The fourth-order valence-electron chi connectivity index (χ4n) is 2.04. The van der Waals surface area contributed by atoms with Gasteiger partial charge in [0.25, 0.3) is 5.91 Å². The first-order valence-corrected chi connectivity index (χ1v) is 8.87. The molecule has 3 aromatic rings. The van der Waals surface area contributed by atoms with Crippen LogP contribution in [0.3, 0.4) is 0 Å². The summed E-state index contributed by atoms with van der Waals surface area (Å²) in [6.07, 6.45) is -4.82. The van der Waals surface area contributed by atoms with E-state index in [0.29, 0.717) is 17.7 Å². The van der Waals surface area contributed by atoms with E-state index < -0.39 is 23.5 Å². The van der Waals surface area contributed by atoms with Gasteiger partial charge in [-0.05, 0) is 65.1 Å². The van der Waals surface area contributed by atoms with E-state index in [2.05, 4.69) is 37.3 Å². The monoisotopic (exact) mass is 493 g/mol. The molecule has 26 heavy (non-hydrogen) atoms. The van der Waals surface area contributed by atoms with Gasteiger partial charge in [-0.3, -0.25) is 10.1 Å². The van der Waals surface area contributed by atoms with Crippen molar-refractivity contribution < 1.29 is 22.4 Å². The van der Waals surface area contributed by atoms with Crippen molar-refractivity contribution in [2.24, 2.45) is 0 Å². The molecule has 0 radical (unpaired) electrons. The predicted molar refractivity (Wildman–Crippen MR) is 97.4 cm³/mol. The third-order valence-corrected chi connectivity index (χ3v) is 4.63. The number of anilines is 1. The average molecular weight is 493 g/mol. The van der Waals surface area contributed by atoms with Gasteiger partial charge in [-0.15, -0.1) is 0 Å². The summed E-state index contributed by atoms with van der Waals surface area (Å²) in [7, 11) is 0. The lowest BCUT2D eigenvalue weighted by Gasteiger charge is -2.08. The van der Waals surface area contributed by atoms with Crippen molar-refractivity contribution >= 4 is 45.2 Å². The molecule has 0 atom stereocenters. The molecule has 0 saturated heterocycles. The van der Waals surface area contributed by atoms with Crippen LogP contribution in [0, 0.1) is 9.39 Å². The van der Waals surface area contributed by atoms with E-state index in [-0.39, 0.29) is 16.5 Å². The maximum absolute atomic E-state index is 13.4. The highest BCUT2D eigenvalue weighted by molar-refractivity contribution is 14.1. The highest BCUT2D eigenvalue weighted by Crippen LogP contribution is 2.34. The molecule has 1 N–H and O–H groups in total. The molecule has 0 unspecified atom stereocenters. The number of amides is 1. The van der Waals surface area contributed by atoms with Crippen LogP contribution in [0.5, 0.6) is 0 Å². The number of hydrogen-bond donors (Lipinski definition) is 1. The summed E-state index contributed by atoms with van der Waals surface area (Å²) < 4.78 is 56.7. The summed E-state index contributed by atoms with van der Waals surface area (Å²) in [6, 6.07) is 9.29. The number of alkyl halides is 3. The first-order valence-electron chi connectivity index (χ1n) is 7.02. The van der Waals surface area contributed by atoms with Crippen LogP contribution in [0.2, 0.25) is 0 Å². The van der Waals surface area contributed by atoms with E-state index in [0.717, 1.165) is 21.2 Å². The number of halogens is 5. The van der Waals surface area contributed by atoms with Crippen molar-refractivity contribution in [3.05, 3.63) is 63.0 Å². The van der Waals surface area contributed by atoms with Crippen molar-refractivity contribution in [2.75, 3.05) is 5.32 Å². The zero-order chi connectivity index (χ0) is 18.9. The smallest absolute Gasteiger partial charge is 0.297 e. The van der Waals surface area contributed by atoms with Gasteiger partial charge in [-0.1, -0.05) is 0 Å². The largest absolute Gasteiger partial charge is 0.419 e. The molecule has 134 valence electrons. The molecular weight excluding hydrogens is 485 g/mol. The Bertz CT molecular complexity index is 957. The topological polar surface area (TPSA) is 54.9 Å². The van der Waals surface area contributed by atoms with Gasteiger partial charge in [0.2, 0.25) is 5.13 Å². The van der Waals surface area contributed by atoms with E-state index in [9.17, 15) is 22.4 Å². The molecule has 0 aliphatic carbocycles. The SMILES string of the molecule is O=C(Nc1nc(-c2ccc(F)c(C(F)(F)F)c2)ns1)c1ccc(I)cc1. The van der Waals surface area contributed by atoms with Crippen LogP contribution in [0.15, 0.2) is 42.5 Å². The molecule has 4 nitrogen and oxygen atoms in total. The summed E-state index contributed by atoms with van der Waals surface area (Å²) in [6.45, 7) is 0. The first-order chi connectivity index (χ1) is 12.2. The van der Waals surface area contributed by atoms with Gasteiger partial charge in [0.1, 0.15) is 5.82 Å². The first kappa shape index (κ1) is 18.7. The Hall–Kier alpha value is -2.08. The highest BCUT2D eigenvalue weighted by atomic mass is 127. The molecule has 0 fully saturated rings. The number of nitrogens with zero attached hydrogens (tertiary/aromatic N) is 2. The fraction of sp³-hybridized carbons (Fsp3) is 0.0625. The summed E-state index contributed by atoms with van der Waals surface area (Å²) in [4.78, 5) is 16.1. The Kier molecular flexibility index (Phi) is 5.23. The van der Waals surface area contributed by atoms with Crippen LogP contribution < -0.4 is 5.32 Å². The normalized spacial score (nSPS) is 11.4. The number of benzene rings is 2. The van der Waals surface area contributed by atoms with Crippen LogP contribution in [-0.2, 0) is 6.18 Å². The maximum atomic E-state index is 13.4. The third kappa shape index (κ3) is 4.18. The van der Waals surface area contributed by atoms with Gasteiger partial charge >= 0.3 is 6.18 Å². The Morgan fingerprint density at radius 1 is 1.12 bits per heavy atom. The Labute approximate surface area is 162 Å². The minimum absolute atomic E-state index is 0.00439. The van der Waals surface area contributed by atoms with Gasteiger partial charge in [-0.2, -0.15) is 22.5 Å². The lowest BCUT2D eigenvalue weighted by molar-refractivity contribution is -0.139. The number of carbonyl (C=O) groups is 1. The second-order valence-corrected chi connectivity index (χ2v) is 7.07. The second-order valence-electron chi connectivity index (χ2n) is 5.08. The number of rotatable bonds is 3. The number of aromatic nitrogens is 2. The van der Waals surface area contributed by atoms with Crippen LogP contribution in [0.4, 0.5) is 22.7 Å². The molecule has 0 saturated carbocycles. The quantitative estimate of drug-likeness (QED) is 0.402. The lowest BCUT2D eigenvalue weighted by Crippen LogP contribution is -2.11. The standard InChI is InChI=1S/C16H8F4IN3OS/c17-12-6-3-9(7-11(12)16(18,19)20)13-22-15(26-24-13)23-14(25)8-1-4-10(21)5-2-8/h1-7H,(H,22,23,24,25). The van der Waals surface area contributed by atoms with Crippen molar-refractivity contribution in [3.8, 4) is 11.4 Å². The van der Waals surface area contributed by atoms with E-state index in [1.54, 1.807) is 24.3 Å². The molecular formula is C16H8F4IN3OS. The van der Waals surface area contributed by atoms with Crippen molar-refractivity contribution in [2.45, 2.75) is 6.18 Å². The molecule has 1 aromatic heterocycles. The molecule has 0 bridgehead atoms. The number of carbonyl (C=O) groups excluding carboxylic acids is 1. The van der Waals surface area contributed by atoms with Gasteiger partial charge in [0.15, 0.2) is 5.82 Å². The molecule has 3 rings (SSSR count). The van der Waals surface area contributed by atoms with Gasteiger partial charge < -0.3 is 0 Å². The third-order valence-electron chi connectivity index (χ3n) is 3.28. The molecule has 1 amide bonds. The predicted octanol–water partition coefficient (Wildman–Crippen LogP) is 5.22. The van der Waals surface area contributed by atoms with E-state index >= 15 is 0 Å². The molecule has 1 heterocycles. The van der Waals surface area contributed by atoms with E-state index in [1.807, 2.05) is 0 Å². The zero-order valence-corrected chi connectivity index (χ0v) is 15.6.